The third kappa shape index (κ3) is 4.44. The topological polar surface area (TPSA) is 100 Å². The Bertz CT molecular complexity index is 535. The van der Waals surface area contributed by atoms with Crippen LogP contribution in [0.25, 0.3) is 0 Å². The molecule has 1 saturated heterocycles. The Labute approximate surface area is 137 Å². The van der Waals surface area contributed by atoms with Crippen molar-refractivity contribution in [3.05, 3.63) is 0 Å². The maximum atomic E-state index is 11.4. The van der Waals surface area contributed by atoms with Gasteiger partial charge in [0.25, 0.3) is 0 Å². The number of nitrogens with zero attached hydrogens (tertiary/aromatic N) is 1. The quantitative estimate of drug-likeness (QED) is 0.541. The van der Waals surface area contributed by atoms with Crippen LogP contribution in [0.3, 0.4) is 0 Å². The van der Waals surface area contributed by atoms with Crippen molar-refractivity contribution in [1.82, 2.24) is 0 Å². The summed E-state index contributed by atoms with van der Waals surface area (Å²) in [5, 5.41) is 0.784. The molecule has 0 radical (unpaired) electrons. The van der Waals surface area contributed by atoms with Crippen LogP contribution in [0.5, 0.6) is 0 Å². The van der Waals surface area contributed by atoms with Crippen LogP contribution < -0.4 is 0 Å². The number of carbonyl (C=O) groups excluding carboxylic acids is 3. The minimum atomic E-state index is -0.896. The Morgan fingerprint density at radius 1 is 1.09 bits per heavy atom. The van der Waals surface area contributed by atoms with Gasteiger partial charge in [-0.15, -0.1) is 0 Å². The van der Waals surface area contributed by atoms with Crippen LogP contribution >= 0.6 is 11.8 Å². The van der Waals surface area contributed by atoms with E-state index >= 15 is 0 Å². The SMILES string of the molecule is CC(=O)OC[C@H]1OC2SC(C)=N[C@H]2[C@@H](OC(C)=O)[C@@H]1OC(C)=O. The normalized spacial score (nSPS) is 32.5. The van der Waals surface area contributed by atoms with E-state index in [4.69, 9.17) is 18.9 Å². The standard InChI is InChI=1S/C14H19NO7S/c1-6-15-11-13(21-9(4)18)12(20-8(3)17)10(5-19-7(2)16)22-14(11)23-6/h10-14H,5H2,1-4H3/t10-,11+,12-,13-,14?/m1/s1. The summed E-state index contributed by atoms with van der Waals surface area (Å²) in [4.78, 5) is 38.3. The Balaban J connectivity index is 2.26. The molecule has 0 aliphatic carbocycles. The first-order valence-corrected chi connectivity index (χ1v) is 8.00. The van der Waals surface area contributed by atoms with E-state index in [0.717, 1.165) is 5.04 Å². The number of rotatable bonds is 4. The van der Waals surface area contributed by atoms with E-state index in [-0.39, 0.29) is 12.0 Å². The van der Waals surface area contributed by atoms with Crippen LogP contribution in [0, 0.1) is 0 Å². The van der Waals surface area contributed by atoms with Gasteiger partial charge in [-0.05, 0) is 6.92 Å². The first-order chi connectivity index (χ1) is 10.8. The Kier molecular flexibility index (Phi) is 5.64. The van der Waals surface area contributed by atoms with Crippen LogP contribution in [-0.2, 0) is 33.3 Å². The van der Waals surface area contributed by atoms with Gasteiger partial charge >= 0.3 is 17.9 Å². The summed E-state index contributed by atoms with van der Waals surface area (Å²) in [6, 6.07) is -0.471. The molecular formula is C14H19NO7S. The average molecular weight is 345 g/mol. The zero-order valence-electron chi connectivity index (χ0n) is 13.3. The van der Waals surface area contributed by atoms with E-state index < -0.39 is 42.3 Å². The number of thioether (sulfide) groups is 1. The van der Waals surface area contributed by atoms with E-state index in [1.807, 2.05) is 6.92 Å². The van der Waals surface area contributed by atoms with Gasteiger partial charge < -0.3 is 18.9 Å². The predicted octanol–water partition coefficient (Wildman–Crippen LogP) is 0.672. The largest absolute Gasteiger partial charge is 0.463 e. The molecule has 2 rings (SSSR count). The summed E-state index contributed by atoms with van der Waals surface area (Å²) >= 11 is 1.39. The fraction of sp³-hybridized carbons (Fsp3) is 0.714. The highest BCUT2D eigenvalue weighted by molar-refractivity contribution is 8.14. The molecule has 2 aliphatic rings. The molecule has 2 aliphatic heterocycles. The van der Waals surface area contributed by atoms with Crippen molar-refractivity contribution in [3.8, 4) is 0 Å². The second-order valence-corrected chi connectivity index (χ2v) is 6.54. The van der Waals surface area contributed by atoms with Gasteiger partial charge in [0.1, 0.15) is 24.2 Å². The number of carbonyl (C=O) groups is 3. The van der Waals surface area contributed by atoms with Gasteiger partial charge in [0.2, 0.25) is 0 Å². The van der Waals surface area contributed by atoms with Gasteiger partial charge in [-0.1, -0.05) is 11.8 Å². The molecule has 9 heteroatoms. The van der Waals surface area contributed by atoms with Crippen LogP contribution in [0.1, 0.15) is 27.7 Å². The Hall–Kier alpha value is -1.61. The first kappa shape index (κ1) is 17.7. The van der Waals surface area contributed by atoms with Crippen LogP contribution in [0.4, 0.5) is 0 Å². The third-order valence-corrected chi connectivity index (χ3v) is 4.36. The number of aliphatic imine (C=N–C) groups is 1. The van der Waals surface area contributed by atoms with Gasteiger partial charge in [-0.3, -0.25) is 19.4 Å². The fourth-order valence-electron chi connectivity index (χ4n) is 2.53. The molecule has 23 heavy (non-hydrogen) atoms. The van der Waals surface area contributed by atoms with Crippen molar-refractivity contribution < 1.29 is 33.3 Å². The molecule has 0 bridgehead atoms. The summed E-state index contributed by atoms with van der Waals surface area (Å²) in [6.45, 7) is 5.51. The van der Waals surface area contributed by atoms with Gasteiger partial charge in [0, 0.05) is 20.8 Å². The van der Waals surface area contributed by atoms with Crippen LogP contribution in [0.2, 0.25) is 0 Å². The number of ether oxygens (including phenoxy) is 4. The van der Waals surface area contributed by atoms with Crippen LogP contribution in [0.15, 0.2) is 4.99 Å². The molecule has 8 nitrogen and oxygen atoms in total. The lowest BCUT2D eigenvalue weighted by Crippen LogP contribution is -2.59. The summed E-state index contributed by atoms with van der Waals surface area (Å²) in [7, 11) is 0. The molecule has 2 heterocycles. The van der Waals surface area contributed by atoms with Crippen molar-refractivity contribution in [2.45, 2.75) is 57.5 Å². The lowest BCUT2D eigenvalue weighted by Gasteiger charge is -2.41. The second kappa shape index (κ2) is 7.31. The monoisotopic (exact) mass is 345 g/mol. The van der Waals surface area contributed by atoms with Crippen molar-refractivity contribution >= 4 is 34.7 Å². The average Bonchev–Trinajstić information content (AvgIpc) is 2.78. The van der Waals surface area contributed by atoms with E-state index in [0.29, 0.717) is 0 Å². The second-order valence-electron chi connectivity index (χ2n) is 5.25. The van der Waals surface area contributed by atoms with Gasteiger partial charge in [0.15, 0.2) is 12.2 Å². The molecule has 128 valence electrons. The van der Waals surface area contributed by atoms with Gasteiger partial charge in [0.05, 0.1) is 5.04 Å². The Morgan fingerprint density at radius 3 is 2.26 bits per heavy atom. The number of hydrogen-bond donors (Lipinski definition) is 0. The molecule has 5 atom stereocenters. The van der Waals surface area contributed by atoms with E-state index in [9.17, 15) is 14.4 Å². The minimum absolute atomic E-state index is 0.103. The first-order valence-electron chi connectivity index (χ1n) is 7.12. The molecule has 0 aromatic rings. The molecule has 1 unspecified atom stereocenters. The van der Waals surface area contributed by atoms with E-state index in [1.165, 1.54) is 32.5 Å². The molecule has 0 aromatic carbocycles. The van der Waals surface area contributed by atoms with E-state index in [2.05, 4.69) is 4.99 Å². The summed E-state index contributed by atoms with van der Waals surface area (Å²) < 4.78 is 21.5. The molecule has 1 fully saturated rings. The summed E-state index contributed by atoms with van der Waals surface area (Å²) in [5.74, 6) is -1.54. The maximum Gasteiger partial charge on any atom is 0.303 e. The van der Waals surface area contributed by atoms with E-state index in [1.54, 1.807) is 0 Å². The molecular weight excluding hydrogens is 326 g/mol. The van der Waals surface area contributed by atoms with Crippen LogP contribution in [-0.4, -0.2) is 59.3 Å². The smallest absolute Gasteiger partial charge is 0.303 e. The zero-order valence-corrected chi connectivity index (χ0v) is 14.1. The van der Waals surface area contributed by atoms with Gasteiger partial charge in [-0.25, -0.2) is 0 Å². The molecule has 0 saturated carbocycles. The highest BCUT2D eigenvalue weighted by Crippen LogP contribution is 2.38. The van der Waals surface area contributed by atoms with Crippen molar-refractivity contribution in [2.75, 3.05) is 6.61 Å². The number of esters is 3. The lowest BCUT2D eigenvalue weighted by molar-refractivity contribution is -0.208. The fourth-order valence-corrected chi connectivity index (χ4v) is 3.60. The summed E-state index contributed by atoms with van der Waals surface area (Å²) in [5.41, 5.74) is -0.383. The Morgan fingerprint density at radius 2 is 1.70 bits per heavy atom. The highest BCUT2D eigenvalue weighted by atomic mass is 32.2. The van der Waals surface area contributed by atoms with Gasteiger partial charge in [-0.2, -0.15) is 0 Å². The molecule has 0 N–H and O–H groups in total. The number of fused-ring (bicyclic) bond motifs is 1. The lowest BCUT2D eigenvalue weighted by atomic mass is 9.98. The highest BCUT2D eigenvalue weighted by Gasteiger charge is 2.52. The molecule has 0 spiro atoms. The van der Waals surface area contributed by atoms with Crippen molar-refractivity contribution in [1.29, 1.82) is 0 Å². The predicted molar refractivity (Wildman–Crippen MR) is 80.9 cm³/mol. The maximum absolute atomic E-state index is 11.4. The minimum Gasteiger partial charge on any atom is -0.463 e. The molecule has 0 amide bonds. The van der Waals surface area contributed by atoms with Crippen molar-refractivity contribution in [3.63, 3.8) is 0 Å². The summed E-state index contributed by atoms with van der Waals surface area (Å²) in [6.07, 6.45) is -2.42. The molecule has 0 aromatic heterocycles. The number of hydrogen-bond acceptors (Lipinski definition) is 9. The zero-order chi connectivity index (χ0) is 17.1. The van der Waals surface area contributed by atoms with Crippen molar-refractivity contribution in [2.24, 2.45) is 4.99 Å². The third-order valence-electron chi connectivity index (χ3n) is 3.29.